The molecule has 1 unspecified atom stereocenters. The Kier molecular flexibility index (Phi) is 7.26. The standard InChI is InChI=1S/C32H21N5O8/c38-28-17-25(31(40)34(28)19-8-12-21(13-9-19)36(42)43)30(24-6-2-1-5-23(24)27-7-3-4-16-33-27)26-18-29(39)35(32(26)41)20-10-14-22(15-11-20)37(44)45/h1-16,25H,17-18H2/b30-26-. The smallest absolute Gasteiger partial charge is 0.269 e. The van der Waals surface area contributed by atoms with Crippen LogP contribution in [0.3, 0.4) is 0 Å². The van der Waals surface area contributed by atoms with Crippen molar-refractivity contribution in [2.45, 2.75) is 12.8 Å². The van der Waals surface area contributed by atoms with Crippen molar-refractivity contribution >= 4 is 52.0 Å². The molecular weight excluding hydrogens is 582 g/mol. The number of rotatable bonds is 7. The highest BCUT2D eigenvalue weighted by Crippen LogP contribution is 2.44. The molecule has 2 aliphatic rings. The molecule has 6 rings (SSSR count). The lowest BCUT2D eigenvalue weighted by molar-refractivity contribution is -0.385. The van der Waals surface area contributed by atoms with E-state index in [9.17, 15) is 39.4 Å². The summed E-state index contributed by atoms with van der Waals surface area (Å²) >= 11 is 0. The largest absolute Gasteiger partial charge is 0.274 e. The number of nitro benzene ring substituents is 2. The van der Waals surface area contributed by atoms with Crippen molar-refractivity contribution in [1.29, 1.82) is 0 Å². The van der Waals surface area contributed by atoms with Crippen LogP contribution in [0.15, 0.2) is 103 Å². The normalized spacial score (nSPS) is 17.6. The molecule has 0 saturated carbocycles. The number of non-ortho nitro benzene ring substituents is 2. The van der Waals surface area contributed by atoms with Crippen molar-refractivity contribution in [1.82, 2.24) is 4.98 Å². The molecule has 13 nitrogen and oxygen atoms in total. The van der Waals surface area contributed by atoms with Crippen LogP contribution in [0, 0.1) is 26.1 Å². The van der Waals surface area contributed by atoms with Gasteiger partial charge >= 0.3 is 0 Å². The highest BCUT2D eigenvalue weighted by atomic mass is 16.6. The molecule has 0 radical (unpaired) electrons. The predicted octanol–water partition coefficient (Wildman–Crippen LogP) is 4.86. The number of nitro groups is 2. The summed E-state index contributed by atoms with van der Waals surface area (Å²) in [5, 5.41) is 22.3. The monoisotopic (exact) mass is 603 g/mol. The number of anilines is 2. The second kappa shape index (κ2) is 11.4. The van der Waals surface area contributed by atoms with Crippen LogP contribution in [-0.4, -0.2) is 38.5 Å². The number of carbonyl (C=O) groups excluding carboxylic acids is 4. The fraction of sp³-hybridized carbons (Fsp3) is 0.0938. The first-order valence-corrected chi connectivity index (χ1v) is 13.6. The minimum Gasteiger partial charge on any atom is -0.274 e. The lowest BCUT2D eigenvalue weighted by atomic mass is 9.83. The van der Waals surface area contributed by atoms with Gasteiger partial charge in [0.15, 0.2) is 0 Å². The molecular formula is C32H21N5O8. The third-order valence-corrected chi connectivity index (χ3v) is 7.65. The number of amides is 4. The van der Waals surface area contributed by atoms with E-state index in [-0.39, 0.29) is 40.3 Å². The van der Waals surface area contributed by atoms with Gasteiger partial charge in [-0.2, -0.15) is 0 Å². The summed E-state index contributed by atoms with van der Waals surface area (Å²) in [6, 6.07) is 22.0. The Morgan fingerprint density at radius 2 is 1.29 bits per heavy atom. The summed E-state index contributed by atoms with van der Waals surface area (Å²) in [6.45, 7) is 0. The maximum absolute atomic E-state index is 14.0. The molecule has 2 aliphatic heterocycles. The molecule has 0 aliphatic carbocycles. The molecule has 222 valence electrons. The minimum absolute atomic E-state index is 0.00145. The van der Waals surface area contributed by atoms with E-state index < -0.39 is 45.8 Å². The van der Waals surface area contributed by atoms with Crippen LogP contribution in [0.2, 0.25) is 0 Å². The number of carbonyl (C=O) groups is 4. The van der Waals surface area contributed by atoms with Gasteiger partial charge in [-0.15, -0.1) is 0 Å². The van der Waals surface area contributed by atoms with Crippen LogP contribution in [0.25, 0.3) is 16.8 Å². The Labute approximate surface area is 254 Å². The number of pyridine rings is 1. The quantitative estimate of drug-likeness (QED) is 0.124. The average molecular weight is 604 g/mol. The molecule has 3 aromatic carbocycles. The summed E-state index contributed by atoms with van der Waals surface area (Å²) < 4.78 is 0. The van der Waals surface area contributed by atoms with Crippen LogP contribution in [-0.2, 0) is 19.2 Å². The molecule has 0 N–H and O–H groups in total. The summed E-state index contributed by atoms with van der Waals surface area (Å²) in [5.74, 6) is -3.77. The third kappa shape index (κ3) is 5.12. The first-order chi connectivity index (χ1) is 21.7. The molecule has 0 bridgehead atoms. The van der Waals surface area contributed by atoms with Gasteiger partial charge in [-0.25, -0.2) is 9.80 Å². The predicted molar refractivity (Wildman–Crippen MR) is 160 cm³/mol. The van der Waals surface area contributed by atoms with Gasteiger partial charge in [0.1, 0.15) is 0 Å². The highest BCUT2D eigenvalue weighted by molar-refractivity contribution is 6.32. The Hall–Kier alpha value is -6.37. The number of nitrogens with zero attached hydrogens (tertiary/aromatic N) is 5. The minimum atomic E-state index is -1.18. The second-order valence-corrected chi connectivity index (χ2v) is 10.2. The summed E-state index contributed by atoms with van der Waals surface area (Å²) in [7, 11) is 0. The summed E-state index contributed by atoms with van der Waals surface area (Å²) in [6.07, 6.45) is 0.863. The lowest BCUT2D eigenvalue weighted by Crippen LogP contribution is -2.31. The van der Waals surface area contributed by atoms with E-state index in [1.165, 1.54) is 48.5 Å². The molecule has 1 aromatic heterocycles. The number of hydrogen-bond acceptors (Lipinski definition) is 9. The number of benzene rings is 3. The SMILES string of the molecule is O=C1C/C(=C(\c2ccccc2-c2ccccn2)C2CC(=O)N(c3ccc([N+](=O)[O-])cc3)C2=O)C(=O)N1c1ccc([N+](=O)[O-])cc1. The van der Waals surface area contributed by atoms with E-state index in [0.29, 0.717) is 16.8 Å². The van der Waals surface area contributed by atoms with Crippen molar-refractivity contribution < 1.29 is 29.0 Å². The van der Waals surface area contributed by atoms with Gasteiger partial charge in [-0.05, 0) is 47.5 Å². The van der Waals surface area contributed by atoms with Crippen LogP contribution in [0.5, 0.6) is 0 Å². The summed E-state index contributed by atoms with van der Waals surface area (Å²) in [5.41, 5.74) is 1.49. The number of imide groups is 2. The first-order valence-electron chi connectivity index (χ1n) is 13.6. The molecule has 13 heteroatoms. The zero-order valence-corrected chi connectivity index (χ0v) is 23.2. The molecule has 2 saturated heterocycles. The summed E-state index contributed by atoms with van der Waals surface area (Å²) in [4.78, 5) is 82.1. The van der Waals surface area contributed by atoms with Crippen molar-refractivity contribution in [3.05, 3.63) is 129 Å². The van der Waals surface area contributed by atoms with E-state index in [2.05, 4.69) is 4.98 Å². The molecule has 4 aromatic rings. The molecule has 45 heavy (non-hydrogen) atoms. The van der Waals surface area contributed by atoms with Crippen LogP contribution in [0.1, 0.15) is 18.4 Å². The van der Waals surface area contributed by atoms with Crippen molar-refractivity contribution in [3.63, 3.8) is 0 Å². The zero-order chi connectivity index (χ0) is 31.8. The Morgan fingerprint density at radius 3 is 1.87 bits per heavy atom. The Bertz CT molecular complexity index is 1940. The van der Waals surface area contributed by atoms with Crippen molar-refractivity contribution in [2.75, 3.05) is 9.80 Å². The fourth-order valence-electron chi connectivity index (χ4n) is 5.63. The van der Waals surface area contributed by atoms with Gasteiger partial charge in [-0.3, -0.25) is 44.4 Å². The molecule has 4 amide bonds. The third-order valence-electron chi connectivity index (χ3n) is 7.65. The van der Waals surface area contributed by atoms with Crippen molar-refractivity contribution in [2.24, 2.45) is 5.92 Å². The zero-order valence-electron chi connectivity index (χ0n) is 23.2. The van der Waals surface area contributed by atoms with Crippen LogP contribution >= 0.6 is 0 Å². The van der Waals surface area contributed by atoms with E-state index in [1.807, 2.05) is 0 Å². The Morgan fingerprint density at radius 1 is 0.711 bits per heavy atom. The van der Waals surface area contributed by atoms with E-state index in [0.717, 1.165) is 9.80 Å². The maximum atomic E-state index is 14.0. The molecule has 0 spiro atoms. The van der Waals surface area contributed by atoms with Gasteiger partial charge in [0.2, 0.25) is 17.7 Å². The molecule has 3 heterocycles. The van der Waals surface area contributed by atoms with Gasteiger partial charge in [0.05, 0.1) is 39.3 Å². The van der Waals surface area contributed by atoms with E-state index >= 15 is 0 Å². The molecule has 2 fully saturated rings. The Balaban J connectivity index is 1.50. The lowest BCUT2D eigenvalue weighted by Gasteiger charge is -2.21. The van der Waals surface area contributed by atoms with Gasteiger partial charge in [-0.1, -0.05) is 30.3 Å². The van der Waals surface area contributed by atoms with Crippen molar-refractivity contribution in [3.8, 4) is 11.3 Å². The van der Waals surface area contributed by atoms with E-state index in [4.69, 9.17) is 0 Å². The maximum Gasteiger partial charge on any atom is 0.269 e. The van der Waals surface area contributed by atoms with Crippen LogP contribution in [0.4, 0.5) is 22.7 Å². The van der Waals surface area contributed by atoms with Gasteiger partial charge in [0.25, 0.3) is 17.3 Å². The first kappa shape index (κ1) is 28.7. The topological polar surface area (TPSA) is 174 Å². The van der Waals surface area contributed by atoms with Crippen LogP contribution < -0.4 is 9.80 Å². The average Bonchev–Trinajstić information content (AvgIpc) is 3.50. The number of hydrogen-bond donors (Lipinski definition) is 0. The molecule has 1 atom stereocenters. The number of aromatic nitrogens is 1. The second-order valence-electron chi connectivity index (χ2n) is 10.2. The highest BCUT2D eigenvalue weighted by Gasteiger charge is 2.46. The van der Waals surface area contributed by atoms with Gasteiger partial charge in [0, 0.05) is 48.0 Å². The fourth-order valence-corrected chi connectivity index (χ4v) is 5.63. The van der Waals surface area contributed by atoms with E-state index in [1.54, 1.807) is 48.7 Å². The van der Waals surface area contributed by atoms with Gasteiger partial charge < -0.3 is 0 Å².